The number of hydrogen-bond donors (Lipinski definition) is 2. The zero-order valence-corrected chi connectivity index (χ0v) is 37.0. The van der Waals surface area contributed by atoms with E-state index in [0.717, 1.165) is 38.7 Å². The number of benzene rings is 3. The van der Waals surface area contributed by atoms with Crippen LogP contribution in [0.5, 0.6) is 5.75 Å². The predicted octanol–water partition coefficient (Wildman–Crippen LogP) is 6.85. The molecule has 0 bridgehead atoms. The molecule has 0 aliphatic carbocycles. The number of urea groups is 1. The molecule has 3 atom stereocenters. The van der Waals surface area contributed by atoms with Crippen molar-refractivity contribution in [2.45, 2.75) is 90.7 Å². The predicted molar refractivity (Wildman–Crippen MR) is 231 cm³/mol. The summed E-state index contributed by atoms with van der Waals surface area (Å²) in [6.07, 6.45) is -5.05. The number of amides is 5. The lowest BCUT2D eigenvalue weighted by atomic mass is 9.85. The number of nitrogens with zero attached hydrogens (tertiary/aromatic N) is 5. The minimum absolute atomic E-state index is 0.000274. The van der Waals surface area contributed by atoms with E-state index in [0.29, 0.717) is 23.1 Å². The molecule has 5 amide bonds. The molecule has 3 heterocycles. The van der Waals surface area contributed by atoms with Gasteiger partial charge in [-0.25, -0.2) is 14.7 Å². The molecule has 1 aromatic heterocycles. The van der Waals surface area contributed by atoms with E-state index in [9.17, 15) is 42.3 Å². The second-order valence-electron chi connectivity index (χ2n) is 17.2. The third kappa shape index (κ3) is 10.3. The SMILES string of the molecule is Cc1ncsc1-c1ccc(CCC(=O)[C@@H]2C[C@@H](O)CN2C(=O)[C@@H](NC(=O)COCCOc2ccc(N3C(=O)N(c4ccc(C#N)c(C(F)(F)F)c4)C(=O)C3(C)C)cc2)C(C)(C)C)cc1. The number of ketones is 1. The Hall–Kier alpha value is -6.16. The number of likely N-dealkylation sites (tertiary alicyclic amines) is 1. The molecular formula is C46H49F3N6O8S. The van der Waals surface area contributed by atoms with Gasteiger partial charge in [0, 0.05) is 25.1 Å². The topological polar surface area (TPSA) is 182 Å². The van der Waals surface area contributed by atoms with Crippen molar-refractivity contribution in [1.29, 1.82) is 5.26 Å². The number of nitriles is 1. The Bertz CT molecular complexity index is 2440. The summed E-state index contributed by atoms with van der Waals surface area (Å²) < 4.78 is 52.3. The van der Waals surface area contributed by atoms with Gasteiger partial charge in [-0.05, 0) is 86.2 Å². The third-order valence-corrected chi connectivity index (χ3v) is 12.1. The van der Waals surface area contributed by atoms with Gasteiger partial charge in [-0.15, -0.1) is 11.3 Å². The summed E-state index contributed by atoms with van der Waals surface area (Å²) >= 11 is 1.56. The first kappa shape index (κ1) is 47.3. The van der Waals surface area contributed by atoms with Crippen LogP contribution < -0.4 is 19.9 Å². The Labute approximate surface area is 372 Å². The number of Topliss-reactive ketones (excluding diaryl/α,β-unsaturated/α-hetero) is 1. The molecule has 2 N–H and O–H groups in total. The monoisotopic (exact) mass is 902 g/mol. The van der Waals surface area contributed by atoms with Crippen LogP contribution in [0.25, 0.3) is 10.4 Å². The van der Waals surface area contributed by atoms with Crippen molar-refractivity contribution >= 4 is 52.2 Å². The van der Waals surface area contributed by atoms with E-state index in [1.54, 1.807) is 37.6 Å². The number of β-amino-alcohol motifs (C(OH)–C–C–N with tert-alkyl or cyclic N) is 1. The summed E-state index contributed by atoms with van der Waals surface area (Å²) in [5, 5.41) is 22.5. The molecule has 64 heavy (non-hydrogen) atoms. The average molecular weight is 903 g/mol. The first-order valence-electron chi connectivity index (χ1n) is 20.5. The molecule has 2 saturated heterocycles. The van der Waals surface area contributed by atoms with Gasteiger partial charge in [0.25, 0.3) is 5.91 Å². The highest BCUT2D eigenvalue weighted by atomic mass is 32.1. The number of rotatable bonds is 15. The van der Waals surface area contributed by atoms with E-state index in [2.05, 4.69) is 10.3 Å². The van der Waals surface area contributed by atoms with Crippen molar-refractivity contribution in [1.82, 2.24) is 15.2 Å². The molecule has 0 radical (unpaired) electrons. The molecule has 0 spiro atoms. The fraction of sp³-hybridized carbons (Fsp3) is 0.413. The summed E-state index contributed by atoms with van der Waals surface area (Å²) in [5.74, 6) is -1.65. The number of carbonyl (C=O) groups excluding carboxylic acids is 5. The lowest BCUT2D eigenvalue weighted by Gasteiger charge is -2.35. The first-order valence-corrected chi connectivity index (χ1v) is 21.4. The minimum atomic E-state index is -4.89. The summed E-state index contributed by atoms with van der Waals surface area (Å²) in [4.78, 5) is 76.2. The molecule has 18 heteroatoms. The number of nitrogens with one attached hydrogen (secondary N) is 1. The highest BCUT2D eigenvalue weighted by Crippen LogP contribution is 2.40. The van der Waals surface area contributed by atoms with Gasteiger partial charge in [0.05, 0.1) is 57.7 Å². The van der Waals surface area contributed by atoms with Gasteiger partial charge in [-0.2, -0.15) is 18.4 Å². The fourth-order valence-corrected chi connectivity index (χ4v) is 8.56. The number of aromatic nitrogens is 1. The zero-order valence-electron chi connectivity index (χ0n) is 36.2. The van der Waals surface area contributed by atoms with Gasteiger partial charge in [-0.1, -0.05) is 45.0 Å². The number of aryl methyl sites for hydroxylation is 2. The minimum Gasteiger partial charge on any atom is -0.491 e. The van der Waals surface area contributed by atoms with Crippen LogP contribution in [-0.2, 0) is 36.5 Å². The second kappa shape index (κ2) is 18.9. The number of alkyl halides is 3. The van der Waals surface area contributed by atoms with E-state index in [1.165, 1.54) is 49.1 Å². The van der Waals surface area contributed by atoms with Crippen molar-refractivity contribution in [3.8, 4) is 22.3 Å². The van der Waals surface area contributed by atoms with Gasteiger partial charge in [0.1, 0.15) is 30.5 Å². The quantitative estimate of drug-likeness (QED) is 0.0946. The number of aliphatic hydroxyl groups is 1. The molecule has 0 unspecified atom stereocenters. The number of carbonyl (C=O) groups is 5. The van der Waals surface area contributed by atoms with Crippen LogP contribution in [0.4, 0.5) is 29.3 Å². The average Bonchev–Trinajstić information content (AvgIpc) is 3.90. The van der Waals surface area contributed by atoms with Gasteiger partial charge in [0.2, 0.25) is 11.8 Å². The van der Waals surface area contributed by atoms with Gasteiger partial charge < -0.3 is 24.8 Å². The molecule has 2 aliphatic rings. The van der Waals surface area contributed by atoms with Crippen molar-refractivity contribution < 1.29 is 51.7 Å². The number of anilines is 2. The number of halogens is 3. The fourth-order valence-electron chi connectivity index (χ4n) is 7.75. The molecular weight excluding hydrogens is 854 g/mol. The van der Waals surface area contributed by atoms with Gasteiger partial charge in [0.15, 0.2) is 5.78 Å². The maximum absolute atomic E-state index is 14.0. The second-order valence-corrected chi connectivity index (χ2v) is 18.1. The number of hydrogen-bond acceptors (Lipinski definition) is 11. The van der Waals surface area contributed by atoms with Crippen molar-refractivity contribution in [2.24, 2.45) is 5.41 Å². The third-order valence-electron chi connectivity index (χ3n) is 11.2. The maximum Gasteiger partial charge on any atom is 0.417 e. The van der Waals surface area contributed by atoms with Crippen molar-refractivity contribution in [2.75, 3.05) is 36.2 Å². The molecule has 2 aliphatic heterocycles. The standard InChI is InChI=1S/C46H49F3N6O8S/c1-27-39(64-26-51-27)29-10-7-28(8-11-29)9-18-37(57)36-22-33(56)24-53(36)41(59)40(44(2,3)4)52-38(58)25-62-19-20-63-34-16-14-31(15-17-34)55-43(61)54(42(60)45(55,5)6)32-13-12-30(23-50)35(21-32)46(47,48)49/h7-8,10-17,21,26,33,36,40,56H,9,18-20,22,24-25H2,1-6H3,(H,52,58)/t33-,36+,40-/m1/s1. The molecule has 338 valence electrons. The number of thiazole rings is 1. The molecule has 6 rings (SSSR count). The van der Waals surface area contributed by atoms with Gasteiger partial charge >= 0.3 is 12.2 Å². The first-order chi connectivity index (χ1) is 30.1. The van der Waals surface area contributed by atoms with E-state index >= 15 is 0 Å². The Morgan fingerprint density at radius 1 is 1.02 bits per heavy atom. The summed E-state index contributed by atoms with van der Waals surface area (Å²) in [5.41, 5.74) is 0.533. The van der Waals surface area contributed by atoms with Crippen LogP contribution in [0.3, 0.4) is 0 Å². The Morgan fingerprint density at radius 3 is 2.30 bits per heavy atom. The summed E-state index contributed by atoms with van der Waals surface area (Å²) in [7, 11) is 0. The Kier molecular flexibility index (Phi) is 14.0. The zero-order chi connectivity index (χ0) is 46.7. The van der Waals surface area contributed by atoms with Gasteiger partial charge in [-0.3, -0.25) is 24.1 Å². The normalized spacial score (nSPS) is 18.0. The Morgan fingerprint density at radius 2 is 1.69 bits per heavy atom. The van der Waals surface area contributed by atoms with Crippen LogP contribution in [-0.4, -0.2) is 94.6 Å². The van der Waals surface area contributed by atoms with Crippen LogP contribution in [0.2, 0.25) is 0 Å². The van der Waals surface area contributed by atoms with Crippen LogP contribution in [0, 0.1) is 23.7 Å². The summed E-state index contributed by atoms with van der Waals surface area (Å²) in [6, 6.07) is 15.4. The highest BCUT2D eigenvalue weighted by Gasteiger charge is 2.53. The van der Waals surface area contributed by atoms with Crippen LogP contribution in [0.15, 0.2) is 72.2 Å². The van der Waals surface area contributed by atoms with Crippen LogP contribution in [0.1, 0.15) is 69.8 Å². The molecule has 4 aromatic rings. The number of aliphatic hydroxyl groups excluding tert-OH is 1. The van der Waals surface area contributed by atoms with E-state index in [-0.39, 0.29) is 49.8 Å². The summed E-state index contributed by atoms with van der Waals surface area (Å²) in [6.45, 7) is 9.75. The largest absolute Gasteiger partial charge is 0.491 e. The Balaban J connectivity index is 0.989. The molecule has 3 aromatic carbocycles. The van der Waals surface area contributed by atoms with E-state index < -0.39 is 76.8 Å². The molecule has 2 fully saturated rings. The van der Waals surface area contributed by atoms with Crippen molar-refractivity contribution in [3.05, 3.63) is 94.6 Å². The smallest absolute Gasteiger partial charge is 0.417 e. The number of imide groups is 1. The molecule has 0 saturated carbocycles. The lowest BCUT2D eigenvalue weighted by Crippen LogP contribution is -2.57. The van der Waals surface area contributed by atoms with Crippen LogP contribution >= 0.6 is 11.3 Å². The highest BCUT2D eigenvalue weighted by molar-refractivity contribution is 7.13. The van der Waals surface area contributed by atoms with E-state index in [1.807, 2.05) is 31.2 Å². The maximum atomic E-state index is 14.0. The van der Waals surface area contributed by atoms with E-state index in [4.69, 9.17) is 14.7 Å². The lowest BCUT2D eigenvalue weighted by molar-refractivity contribution is -0.144. The number of ether oxygens (including phenoxy) is 2. The van der Waals surface area contributed by atoms with Crippen molar-refractivity contribution in [3.63, 3.8) is 0 Å². The molecule has 14 nitrogen and oxygen atoms in total.